The summed E-state index contributed by atoms with van der Waals surface area (Å²) in [6.07, 6.45) is 1.24. The number of thiophene rings is 1. The maximum atomic E-state index is 13.5. The van der Waals surface area contributed by atoms with Crippen LogP contribution in [0.25, 0.3) is 0 Å². The number of aryl methyl sites for hydroxylation is 2. The highest BCUT2D eigenvalue weighted by atomic mass is 32.1. The van der Waals surface area contributed by atoms with E-state index in [1.807, 2.05) is 29.7 Å². The van der Waals surface area contributed by atoms with E-state index in [0.29, 0.717) is 19.7 Å². The highest BCUT2D eigenvalue weighted by Crippen LogP contribution is 2.34. The van der Waals surface area contributed by atoms with Gasteiger partial charge in [-0.1, -0.05) is 24.6 Å². The summed E-state index contributed by atoms with van der Waals surface area (Å²) in [5.41, 5.74) is 3.50. The minimum Gasteiger partial charge on any atom is -0.491 e. The Morgan fingerprint density at radius 3 is 2.79 bits per heavy atom. The van der Waals surface area contributed by atoms with Gasteiger partial charge in [0, 0.05) is 18.0 Å². The lowest BCUT2D eigenvalue weighted by Gasteiger charge is -2.37. The molecule has 7 heteroatoms. The fraction of sp³-hybridized carbons (Fsp3) is 0.593. The summed E-state index contributed by atoms with van der Waals surface area (Å²) in [5.74, 6) is 0.942. The second-order valence-electron chi connectivity index (χ2n) is 9.50. The quantitative estimate of drug-likeness (QED) is 0.481. The average Bonchev–Trinajstić information content (AvgIpc) is 3.26. The third kappa shape index (κ3) is 7.28. The fourth-order valence-corrected chi connectivity index (χ4v) is 5.42. The van der Waals surface area contributed by atoms with E-state index in [2.05, 4.69) is 44.4 Å². The highest BCUT2D eigenvalue weighted by molar-refractivity contribution is 7.10. The van der Waals surface area contributed by atoms with Gasteiger partial charge < -0.3 is 19.5 Å². The van der Waals surface area contributed by atoms with Crippen LogP contribution in [0.2, 0.25) is 0 Å². The number of hydrogen-bond donors (Lipinski definition) is 1. The van der Waals surface area contributed by atoms with Crippen LogP contribution in [0.3, 0.4) is 0 Å². The molecule has 1 aromatic heterocycles. The van der Waals surface area contributed by atoms with Gasteiger partial charge in [0.15, 0.2) is 0 Å². The Balaban J connectivity index is 1.69. The van der Waals surface area contributed by atoms with E-state index < -0.39 is 6.10 Å². The van der Waals surface area contributed by atoms with E-state index in [0.717, 1.165) is 30.7 Å². The zero-order chi connectivity index (χ0) is 24.7. The summed E-state index contributed by atoms with van der Waals surface area (Å²) in [6, 6.07) is 8.20. The molecule has 6 nitrogen and oxygen atoms in total. The maximum Gasteiger partial charge on any atom is 0.237 e. The normalized spacial score (nSPS) is 16.7. The lowest BCUT2D eigenvalue weighted by atomic mass is 10.00. The van der Waals surface area contributed by atoms with E-state index in [9.17, 15) is 9.90 Å². The van der Waals surface area contributed by atoms with Crippen LogP contribution in [0.4, 0.5) is 0 Å². The summed E-state index contributed by atoms with van der Waals surface area (Å²) in [7, 11) is 0. The van der Waals surface area contributed by atoms with Crippen molar-refractivity contribution in [2.75, 3.05) is 39.4 Å². The summed E-state index contributed by atoms with van der Waals surface area (Å²) < 4.78 is 11.8. The fourth-order valence-electron chi connectivity index (χ4n) is 4.49. The Bertz CT molecular complexity index is 929. The Morgan fingerprint density at radius 1 is 1.29 bits per heavy atom. The van der Waals surface area contributed by atoms with Crippen molar-refractivity contribution in [3.63, 3.8) is 0 Å². The van der Waals surface area contributed by atoms with E-state index >= 15 is 0 Å². The molecule has 3 rings (SSSR count). The van der Waals surface area contributed by atoms with Gasteiger partial charge in [-0.05, 0) is 75.7 Å². The topological polar surface area (TPSA) is 62.2 Å². The van der Waals surface area contributed by atoms with Crippen LogP contribution in [0.5, 0.6) is 5.75 Å². The van der Waals surface area contributed by atoms with E-state index in [-0.39, 0.29) is 31.2 Å². The number of rotatable bonds is 12. The Labute approximate surface area is 208 Å². The molecule has 0 bridgehead atoms. The summed E-state index contributed by atoms with van der Waals surface area (Å²) >= 11 is 1.76. The smallest absolute Gasteiger partial charge is 0.237 e. The third-order valence-electron chi connectivity index (χ3n) is 6.13. The Morgan fingerprint density at radius 2 is 2.09 bits per heavy atom. The number of aliphatic hydroxyl groups is 1. The molecule has 0 unspecified atom stereocenters. The predicted octanol–water partition coefficient (Wildman–Crippen LogP) is 4.37. The number of fused-ring (bicyclic) bond motifs is 1. The number of hydrogen-bond acceptors (Lipinski definition) is 6. The standard InChI is InChI=1S/C27H40N2O4S/c1-6-11-28(15-22(30)17-32-19(2)3)16-27(31)29-12-9-26-23(10-13-34-26)24(29)18-33-25-8-7-20(4)14-21(25)5/h7-8,10,13-14,19,22,24,30H,6,9,11-12,15-18H2,1-5H3/t22-,24+/m1/s1. The van der Waals surface area contributed by atoms with Crippen molar-refractivity contribution in [1.29, 1.82) is 0 Å². The molecule has 2 aromatic rings. The Kier molecular flexibility index (Phi) is 9.95. The van der Waals surface area contributed by atoms with Crippen molar-refractivity contribution in [3.8, 4) is 5.75 Å². The second kappa shape index (κ2) is 12.7. The zero-order valence-corrected chi connectivity index (χ0v) is 22.1. The van der Waals surface area contributed by atoms with Gasteiger partial charge >= 0.3 is 0 Å². The minimum atomic E-state index is -0.616. The van der Waals surface area contributed by atoms with Gasteiger partial charge in [-0.15, -0.1) is 11.3 Å². The van der Waals surface area contributed by atoms with Gasteiger partial charge in [-0.25, -0.2) is 0 Å². The number of benzene rings is 1. The van der Waals surface area contributed by atoms with Gasteiger partial charge in [0.2, 0.25) is 5.91 Å². The molecule has 1 aliphatic heterocycles. The van der Waals surface area contributed by atoms with Gasteiger partial charge in [-0.3, -0.25) is 9.69 Å². The van der Waals surface area contributed by atoms with Crippen LogP contribution in [-0.2, 0) is 16.0 Å². The van der Waals surface area contributed by atoms with Gasteiger partial charge in [0.1, 0.15) is 12.4 Å². The van der Waals surface area contributed by atoms with Crippen molar-refractivity contribution in [1.82, 2.24) is 9.80 Å². The predicted molar refractivity (Wildman–Crippen MR) is 138 cm³/mol. The Hall–Kier alpha value is -1.93. The largest absolute Gasteiger partial charge is 0.491 e. The van der Waals surface area contributed by atoms with Gasteiger partial charge in [-0.2, -0.15) is 0 Å². The zero-order valence-electron chi connectivity index (χ0n) is 21.3. The van der Waals surface area contributed by atoms with Gasteiger partial charge in [0.25, 0.3) is 0 Å². The molecule has 0 saturated carbocycles. The summed E-state index contributed by atoms with van der Waals surface area (Å²) in [4.78, 5) is 18.9. The monoisotopic (exact) mass is 488 g/mol. The number of carbonyl (C=O) groups is 1. The molecule has 0 aliphatic carbocycles. The van der Waals surface area contributed by atoms with Crippen molar-refractivity contribution in [3.05, 3.63) is 51.2 Å². The molecule has 2 heterocycles. The number of ether oxygens (including phenoxy) is 2. The van der Waals surface area contributed by atoms with E-state index in [4.69, 9.17) is 9.47 Å². The molecule has 1 aromatic carbocycles. The molecule has 0 fully saturated rings. The molecule has 188 valence electrons. The number of nitrogens with zero attached hydrogens (tertiary/aromatic N) is 2. The number of carbonyl (C=O) groups excluding carboxylic acids is 1. The van der Waals surface area contributed by atoms with Crippen molar-refractivity contribution in [2.45, 2.75) is 65.7 Å². The molecule has 2 atom stereocenters. The molecule has 1 amide bonds. The van der Waals surface area contributed by atoms with Crippen molar-refractivity contribution >= 4 is 17.2 Å². The average molecular weight is 489 g/mol. The first-order chi connectivity index (χ1) is 16.3. The second-order valence-corrected chi connectivity index (χ2v) is 10.5. The molecule has 0 saturated heterocycles. The highest BCUT2D eigenvalue weighted by Gasteiger charge is 2.33. The van der Waals surface area contributed by atoms with Crippen LogP contribution in [-0.4, -0.2) is 72.4 Å². The molecule has 34 heavy (non-hydrogen) atoms. The first kappa shape index (κ1) is 26.7. The summed E-state index contributed by atoms with van der Waals surface area (Å²) in [5, 5.41) is 12.5. The van der Waals surface area contributed by atoms with E-state index in [1.54, 1.807) is 11.3 Å². The lowest BCUT2D eigenvalue weighted by molar-refractivity contribution is -0.136. The molecule has 0 spiro atoms. The number of aliphatic hydroxyl groups excluding tert-OH is 1. The first-order valence-electron chi connectivity index (χ1n) is 12.4. The van der Waals surface area contributed by atoms with Crippen LogP contribution in [0.15, 0.2) is 29.6 Å². The van der Waals surface area contributed by atoms with Crippen LogP contribution in [0, 0.1) is 13.8 Å². The molecule has 1 N–H and O–H groups in total. The van der Waals surface area contributed by atoms with Crippen LogP contribution in [0.1, 0.15) is 54.8 Å². The third-order valence-corrected chi connectivity index (χ3v) is 7.13. The lowest BCUT2D eigenvalue weighted by Crippen LogP contribution is -2.48. The SMILES string of the molecule is CCCN(CC(=O)N1CCc2sccc2[C@@H]1COc1ccc(C)cc1C)C[C@@H](O)COC(C)C. The van der Waals surface area contributed by atoms with Crippen molar-refractivity contribution in [2.24, 2.45) is 0 Å². The van der Waals surface area contributed by atoms with E-state index in [1.165, 1.54) is 16.0 Å². The number of amides is 1. The maximum absolute atomic E-state index is 13.5. The molecule has 1 aliphatic rings. The molecular weight excluding hydrogens is 448 g/mol. The van der Waals surface area contributed by atoms with Crippen LogP contribution < -0.4 is 4.74 Å². The van der Waals surface area contributed by atoms with Crippen LogP contribution >= 0.6 is 11.3 Å². The molecule has 0 radical (unpaired) electrons. The van der Waals surface area contributed by atoms with Gasteiger partial charge in [0.05, 0.1) is 31.4 Å². The minimum absolute atomic E-state index is 0.0713. The van der Waals surface area contributed by atoms with Crippen molar-refractivity contribution < 1.29 is 19.4 Å². The summed E-state index contributed by atoms with van der Waals surface area (Å²) in [6.45, 7) is 13.0. The molecular formula is C27H40N2O4S. The first-order valence-corrected chi connectivity index (χ1v) is 13.2.